The topological polar surface area (TPSA) is 54.7 Å². The molecule has 1 aliphatic heterocycles. The summed E-state index contributed by atoms with van der Waals surface area (Å²) in [6.07, 6.45) is 4.28. The van der Waals surface area contributed by atoms with E-state index >= 15 is 0 Å². The molecule has 178 valence electrons. The number of fused-ring (bicyclic) bond motifs is 1. The molecule has 6 nitrogen and oxygen atoms in total. The fraction of sp³-hybridized carbons (Fsp3) is 0.739. The minimum atomic E-state index is -4.47. The zero-order chi connectivity index (χ0) is 22.9. The molecule has 2 saturated carbocycles. The third-order valence-corrected chi connectivity index (χ3v) is 7.28. The Hall–Kier alpha value is -1.87. The van der Waals surface area contributed by atoms with Crippen LogP contribution in [-0.4, -0.2) is 49.8 Å². The number of methoxy groups -OCH3 is 1. The van der Waals surface area contributed by atoms with Crippen LogP contribution < -0.4 is 14.9 Å². The number of rotatable bonds is 5. The quantitative estimate of drug-likeness (QED) is 0.693. The predicted octanol–water partition coefficient (Wildman–Crippen LogP) is 2.65. The summed E-state index contributed by atoms with van der Waals surface area (Å²) in [6.45, 7) is 0.675. The van der Waals surface area contributed by atoms with Gasteiger partial charge in [-0.1, -0.05) is 12.8 Å². The van der Waals surface area contributed by atoms with Crippen LogP contribution in [0.15, 0.2) is 12.3 Å². The molecule has 1 aromatic heterocycles. The first kappa shape index (κ1) is 23.3. The monoisotopic (exact) mass is 456 g/mol. The molecule has 2 fully saturated rings. The Morgan fingerprint density at radius 2 is 1.97 bits per heavy atom. The molecule has 0 bridgehead atoms. The molecule has 0 radical (unpaired) electrons. The second-order valence-electron chi connectivity index (χ2n) is 9.26. The molecule has 0 aromatic carbocycles. The van der Waals surface area contributed by atoms with Crippen LogP contribution in [0.1, 0.15) is 61.8 Å². The minimum absolute atomic E-state index is 0.0493. The highest BCUT2D eigenvalue weighted by Gasteiger charge is 2.40. The van der Waals surface area contributed by atoms with E-state index in [4.69, 9.17) is 9.57 Å². The molecule has 3 aliphatic rings. The smallest absolute Gasteiger partial charge is 0.380 e. The van der Waals surface area contributed by atoms with E-state index in [1.165, 1.54) is 24.7 Å². The van der Waals surface area contributed by atoms with Crippen LogP contribution in [0.4, 0.5) is 13.2 Å². The van der Waals surface area contributed by atoms with Crippen molar-refractivity contribution in [2.24, 2.45) is 5.92 Å². The number of ether oxygens (including phenoxy) is 1. The summed E-state index contributed by atoms with van der Waals surface area (Å²) in [5.41, 5.74) is 0.426. The fourth-order valence-corrected chi connectivity index (χ4v) is 5.58. The molecule has 9 heteroatoms. The van der Waals surface area contributed by atoms with Crippen LogP contribution in [0.3, 0.4) is 0 Å². The molecular weight excluding hydrogens is 423 g/mol. The van der Waals surface area contributed by atoms with Crippen molar-refractivity contribution in [1.82, 2.24) is 10.2 Å². The number of pyridine rings is 1. The SMILES string of the molecule is COC1CCCCC1N[C@@H]1CCC(C(=O)N2CCc3c(cc(C(F)(F)F)c[n+]3OC)C2)C1. The molecule has 1 amide bonds. The lowest BCUT2D eigenvalue weighted by Crippen LogP contribution is -2.51. The van der Waals surface area contributed by atoms with Gasteiger partial charge in [-0.2, -0.15) is 13.2 Å². The standard InChI is InChI=1S/C23H33F3N3O3/c1-31-21-6-4-3-5-19(21)27-18-8-7-15(12-18)22(30)28-10-9-20-16(13-28)11-17(23(24,25)26)14-29(20)32-2/h11,14-15,18-19,21,27H,3-10,12-13H2,1-2H3/q+1/t15?,18-,19?,21?/m1/s1. The van der Waals surface area contributed by atoms with Gasteiger partial charge in [-0.15, -0.1) is 0 Å². The number of nitrogens with one attached hydrogen (secondary N) is 1. The normalized spacial score (nSPS) is 28.5. The van der Waals surface area contributed by atoms with E-state index in [2.05, 4.69) is 5.32 Å². The molecule has 2 aliphatic carbocycles. The molecule has 4 atom stereocenters. The van der Waals surface area contributed by atoms with Crippen molar-refractivity contribution in [1.29, 1.82) is 0 Å². The van der Waals surface area contributed by atoms with Gasteiger partial charge >= 0.3 is 6.18 Å². The maximum absolute atomic E-state index is 13.3. The Kier molecular flexibility index (Phi) is 6.95. The summed E-state index contributed by atoms with van der Waals surface area (Å²) in [4.78, 5) is 20.1. The van der Waals surface area contributed by atoms with Crippen molar-refractivity contribution in [3.63, 3.8) is 0 Å². The summed E-state index contributed by atoms with van der Waals surface area (Å²) in [5.74, 6) is -0.0350. The Bertz CT molecular complexity index is 833. The van der Waals surface area contributed by atoms with E-state index < -0.39 is 11.7 Å². The Morgan fingerprint density at radius 1 is 1.19 bits per heavy atom. The van der Waals surface area contributed by atoms with E-state index in [9.17, 15) is 18.0 Å². The number of alkyl halides is 3. The molecule has 1 aromatic rings. The van der Waals surface area contributed by atoms with E-state index in [0.717, 1.165) is 44.4 Å². The predicted molar refractivity (Wildman–Crippen MR) is 111 cm³/mol. The summed E-state index contributed by atoms with van der Waals surface area (Å²) in [5, 5.41) is 3.72. The lowest BCUT2D eigenvalue weighted by atomic mass is 9.91. The lowest BCUT2D eigenvalue weighted by Gasteiger charge is -2.33. The summed E-state index contributed by atoms with van der Waals surface area (Å²) < 4.78 is 46.7. The van der Waals surface area contributed by atoms with Crippen LogP contribution in [0, 0.1) is 5.92 Å². The molecule has 3 unspecified atom stereocenters. The van der Waals surface area contributed by atoms with Gasteiger partial charge in [-0.25, -0.2) is 0 Å². The third kappa shape index (κ3) is 4.88. The highest BCUT2D eigenvalue weighted by molar-refractivity contribution is 5.79. The van der Waals surface area contributed by atoms with Crippen molar-refractivity contribution in [3.05, 3.63) is 29.1 Å². The van der Waals surface area contributed by atoms with Crippen LogP contribution in [0.2, 0.25) is 0 Å². The van der Waals surface area contributed by atoms with Gasteiger partial charge in [0.15, 0.2) is 0 Å². The zero-order valence-electron chi connectivity index (χ0n) is 18.8. The molecular formula is C23H33F3N3O3+. The number of halogens is 3. The number of hydrogen-bond donors (Lipinski definition) is 1. The molecule has 0 spiro atoms. The van der Waals surface area contributed by atoms with Crippen LogP contribution in [0.25, 0.3) is 0 Å². The second-order valence-corrected chi connectivity index (χ2v) is 9.26. The van der Waals surface area contributed by atoms with Gasteiger partial charge in [0, 0.05) is 42.0 Å². The van der Waals surface area contributed by atoms with E-state index in [1.54, 1.807) is 12.0 Å². The van der Waals surface area contributed by atoms with Crippen molar-refractivity contribution in [3.8, 4) is 0 Å². The highest BCUT2D eigenvalue weighted by Crippen LogP contribution is 2.33. The largest absolute Gasteiger partial charge is 0.422 e. The second kappa shape index (κ2) is 9.55. The fourth-order valence-electron chi connectivity index (χ4n) is 5.58. The third-order valence-electron chi connectivity index (χ3n) is 7.28. The van der Waals surface area contributed by atoms with Crippen LogP contribution >= 0.6 is 0 Å². The maximum Gasteiger partial charge on any atom is 0.422 e. The average molecular weight is 457 g/mol. The zero-order valence-corrected chi connectivity index (χ0v) is 18.8. The minimum Gasteiger partial charge on any atom is -0.380 e. The maximum atomic E-state index is 13.3. The Morgan fingerprint density at radius 3 is 2.69 bits per heavy atom. The van der Waals surface area contributed by atoms with Gasteiger partial charge in [0.05, 0.1) is 19.1 Å². The first-order valence-electron chi connectivity index (χ1n) is 11.6. The van der Waals surface area contributed by atoms with Crippen molar-refractivity contribution in [2.45, 2.75) is 82.3 Å². The first-order valence-corrected chi connectivity index (χ1v) is 11.6. The first-order chi connectivity index (χ1) is 15.3. The number of amides is 1. The van der Waals surface area contributed by atoms with E-state index in [0.29, 0.717) is 30.3 Å². The number of nitrogens with zero attached hydrogens (tertiary/aromatic N) is 2. The number of aromatic nitrogens is 1. The van der Waals surface area contributed by atoms with E-state index in [-0.39, 0.29) is 30.5 Å². The highest BCUT2D eigenvalue weighted by atomic mass is 19.4. The van der Waals surface area contributed by atoms with Gasteiger partial charge in [0.2, 0.25) is 17.8 Å². The van der Waals surface area contributed by atoms with E-state index in [1.807, 2.05) is 0 Å². The Labute approximate surface area is 187 Å². The van der Waals surface area contributed by atoms with Gasteiger partial charge in [-0.05, 0) is 38.2 Å². The van der Waals surface area contributed by atoms with Crippen LogP contribution in [0.5, 0.6) is 0 Å². The molecule has 4 rings (SSSR count). The number of hydrogen-bond acceptors (Lipinski definition) is 4. The van der Waals surface area contributed by atoms with Crippen molar-refractivity contribution >= 4 is 5.91 Å². The Balaban J connectivity index is 1.40. The summed E-state index contributed by atoms with van der Waals surface area (Å²) in [7, 11) is 3.11. The van der Waals surface area contributed by atoms with Gasteiger partial charge in [0.1, 0.15) is 12.7 Å². The number of carbonyl (C=O) groups excluding carboxylic acids is 1. The molecule has 1 N–H and O–H groups in total. The van der Waals surface area contributed by atoms with Gasteiger partial charge in [0.25, 0.3) is 0 Å². The molecule has 0 saturated heterocycles. The van der Waals surface area contributed by atoms with Gasteiger partial charge < -0.3 is 15.0 Å². The summed E-state index contributed by atoms with van der Waals surface area (Å²) >= 11 is 0. The average Bonchev–Trinajstić information content (AvgIpc) is 3.25. The molecule has 2 heterocycles. The van der Waals surface area contributed by atoms with Crippen molar-refractivity contribution in [2.75, 3.05) is 20.8 Å². The number of carbonyl (C=O) groups is 1. The molecule has 32 heavy (non-hydrogen) atoms. The summed E-state index contributed by atoms with van der Waals surface area (Å²) in [6, 6.07) is 1.77. The van der Waals surface area contributed by atoms with Gasteiger partial charge in [-0.3, -0.25) is 9.63 Å². The van der Waals surface area contributed by atoms with Crippen LogP contribution in [-0.2, 0) is 28.7 Å². The van der Waals surface area contributed by atoms with Crippen molar-refractivity contribution < 1.29 is 32.3 Å². The lowest BCUT2D eigenvalue weighted by molar-refractivity contribution is -0.891.